The van der Waals surface area contributed by atoms with Gasteiger partial charge in [-0.15, -0.1) is 10.2 Å². The normalized spacial score (nSPS) is 13.8. The Labute approximate surface area is 91.6 Å². The van der Waals surface area contributed by atoms with Gasteiger partial charge in [0.1, 0.15) is 5.25 Å². The molecule has 0 bridgehead atoms. The van der Waals surface area contributed by atoms with Crippen molar-refractivity contribution in [3.8, 4) is 0 Å². The van der Waals surface area contributed by atoms with Crippen LogP contribution in [0.2, 0.25) is 0 Å². The quantitative estimate of drug-likeness (QED) is 0.606. The number of nitrogen functional groups attached to an aromatic ring is 1. The fourth-order valence-corrected chi connectivity index (χ4v) is 1.46. The lowest BCUT2D eigenvalue weighted by atomic mass is 10.5. The molecule has 6 nitrogen and oxygen atoms in total. The molecule has 1 heterocycles. The van der Waals surface area contributed by atoms with Gasteiger partial charge in [0.2, 0.25) is 5.16 Å². The van der Waals surface area contributed by atoms with Crippen LogP contribution in [-0.2, 0) is 11.0 Å². The number of carboxylic acids is 1. The van der Waals surface area contributed by atoms with Gasteiger partial charge >= 0.3 is 12.1 Å². The molecule has 0 radical (unpaired) electrons. The Morgan fingerprint density at radius 3 is 2.50 bits per heavy atom. The fraction of sp³-hybridized carbons (Fsp3) is 0.500. The summed E-state index contributed by atoms with van der Waals surface area (Å²) in [6.07, 6.45) is -4.72. The minimum Gasteiger partial charge on any atom is -0.480 e. The van der Waals surface area contributed by atoms with Gasteiger partial charge in [-0.05, 0) is 6.92 Å². The minimum atomic E-state index is -4.72. The number of aromatic nitrogens is 3. The number of carboxylic acid groups (broad SMARTS) is 1. The highest BCUT2D eigenvalue weighted by molar-refractivity contribution is 8.00. The molecule has 1 atom stereocenters. The van der Waals surface area contributed by atoms with E-state index in [0.717, 1.165) is 0 Å². The molecule has 90 valence electrons. The summed E-state index contributed by atoms with van der Waals surface area (Å²) < 4.78 is 36.9. The maximum absolute atomic E-state index is 12.2. The third-order valence-corrected chi connectivity index (χ3v) is 2.59. The molecule has 1 rings (SSSR count). The molecule has 16 heavy (non-hydrogen) atoms. The topological polar surface area (TPSA) is 94.0 Å². The predicted molar refractivity (Wildman–Crippen MR) is 48.1 cm³/mol. The summed E-state index contributed by atoms with van der Waals surface area (Å²) in [4.78, 5) is 10.5. The Balaban J connectivity index is 2.93. The number of halogens is 3. The summed E-state index contributed by atoms with van der Waals surface area (Å²) in [7, 11) is 0. The van der Waals surface area contributed by atoms with E-state index in [-0.39, 0.29) is 9.83 Å². The molecule has 0 aliphatic carbocycles. The summed E-state index contributed by atoms with van der Waals surface area (Å²) in [5.74, 6) is 2.55. The zero-order chi connectivity index (χ0) is 12.5. The van der Waals surface area contributed by atoms with E-state index >= 15 is 0 Å². The third-order valence-electron chi connectivity index (χ3n) is 1.55. The van der Waals surface area contributed by atoms with E-state index in [0.29, 0.717) is 11.8 Å². The molecule has 1 aromatic rings. The van der Waals surface area contributed by atoms with Crippen LogP contribution in [-0.4, -0.2) is 31.2 Å². The first-order valence-corrected chi connectivity index (χ1v) is 4.78. The van der Waals surface area contributed by atoms with Crippen LogP contribution in [0, 0.1) is 0 Å². The average Bonchev–Trinajstić information content (AvgIpc) is 2.46. The van der Waals surface area contributed by atoms with Gasteiger partial charge in [-0.2, -0.15) is 13.2 Å². The number of aliphatic carboxylic acids is 1. The highest BCUT2D eigenvalue weighted by Crippen LogP contribution is 2.29. The minimum absolute atomic E-state index is 0.226. The van der Waals surface area contributed by atoms with Crippen LogP contribution < -0.4 is 5.84 Å². The van der Waals surface area contributed by atoms with Crippen molar-refractivity contribution in [3.63, 3.8) is 0 Å². The second-order valence-corrected chi connectivity index (χ2v) is 4.08. The van der Waals surface area contributed by atoms with Crippen molar-refractivity contribution in [1.29, 1.82) is 0 Å². The van der Waals surface area contributed by atoms with Gasteiger partial charge in [0, 0.05) is 0 Å². The molecule has 1 aromatic heterocycles. The number of carbonyl (C=O) groups is 1. The van der Waals surface area contributed by atoms with Crippen LogP contribution >= 0.6 is 11.8 Å². The van der Waals surface area contributed by atoms with Crippen molar-refractivity contribution in [2.24, 2.45) is 0 Å². The van der Waals surface area contributed by atoms with Gasteiger partial charge in [0.15, 0.2) is 0 Å². The number of thioether (sulfide) groups is 1. The van der Waals surface area contributed by atoms with E-state index in [1.165, 1.54) is 6.92 Å². The van der Waals surface area contributed by atoms with Crippen LogP contribution in [0.25, 0.3) is 0 Å². The number of nitrogens with two attached hydrogens (primary N) is 1. The Kier molecular flexibility index (Phi) is 3.31. The number of nitrogens with zero attached hydrogens (tertiary/aromatic N) is 3. The lowest BCUT2D eigenvalue weighted by Crippen LogP contribution is -2.22. The van der Waals surface area contributed by atoms with Crippen LogP contribution in [0.15, 0.2) is 5.16 Å². The van der Waals surface area contributed by atoms with E-state index in [9.17, 15) is 18.0 Å². The van der Waals surface area contributed by atoms with Crippen LogP contribution in [0.1, 0.15) is 12.7 Å². The second-order valence-electron chi connectivity index (χ2n) is 2.77. The molecule has 0 fully saturated rings. The first kappa shape index (κ1) is 12.6. The molecule has 0 amide bonds. The first-order valence-electron chi connectivity index (χ1n) is 3.90. The monoisotopic (exact) mass is 256 g/mol. The van der Waals surface area contributed by atoms with E-state index < -0.39 is 23.2 Å². The molecular formula is C6H7F3N4O2S. The van der Waals surface area contributed by atoms with Crippen molar-refractivity contribution >= 4 is 17.7 Å². The van der Waals surface area contributed by atoms with Crippen LogP contribution in [0.5, 0.6) is 0 Å². The van der Waals surface area contributed by atoms with Gasteiger partial charge in [-0.1, -0.05) is 11.8 Å². The standard InChI is InChI=1S/C6H7F3N4O2S/c1-2(3(14)15)16-5-12-11-4(13(5)10)6(7,8)9/h2H,10H2,1H3,(H,14,15)/t2-/m1/s1. The van der Waals surface area contributed by atoms with Gasteiger partial charge in [0.05, 0.1) is 0 Å². The zero-order valence-electron chi connectivity index (χ0n) is 7.89. The molecule has 0 saturated heterocycles. The lowest BCUT2D eigenvalue weighted by molar-refractivity contribution is -0.146. The number of rotatable bonds is 3. The average molecular weight is 256 g/mol. The summed E-state index contributed by atoms with van der Waals surface area (Å²) in [6.45, 7) is 1.30. The summed E-state index contributed by atoms with van der Waals surface area (Å²) >= 11 is 0.580. The second kappa shape index (κ2) is 4.20. The van der Waals surface area contributed by atoms with E-state index in [1.807, 2.05) is 0 Å². The molecule has 0 aliphatic heterocycles. The van der Waals surface area contributed by atoms with Crippen molar-refractivity contribution < 1.29 is 23.1 Å². The van der Waals surface area contributed by atoms with Crippen molar-refractivity contribution in [2.45, 2.75) is 23.5 Å². The van der Waals surface area contributed by atoms with Gasteiger partial charge < -0.3 is 10.9 Å². The number of hydrogen-bond acceptors (Lipinski definition) is 5. The van der Waals surface area contributed by atoms with Crippen LogP contribution in [0.3, 0.4) is 0 Å². The number of hydrogen-bond donors (Lipinski definition) is 2. The molecule has 0 aliphatic rings. The fourth-order valence-electron chi connectivity index (χ4n) is 0.759. The van der Waals surface area contributed by atoms with Gasteiger partial charge in [-0.3, -0.25) is 4.79 Å². The van der Waals surface area contributed by atoms with Crippen LogP contribution in [0.4, 0.5) is 13.2 Å². The summed E-state index contributed by atoms with van der Waals surface area (Å²) in [5.41, 5.74) is 0. The lowest BCUT2D eigenvalue weighted by Gasteiger charge is -2.07. The number of alkyl halides is 3. The van der Waals surface area contributed by atoms with E-state index in [2.05, 4.69) is 10.2 Å². The Morgan fingerprint density at radius 2 is 2.12 bits per heavy atom. The van der Waals surface area contributed by atoms with Crippen molar-refractivity contribution in [1.82, 2.24) is 14.9 Å². The molecule has 0 saturated carbocycles. The zero-order valence-corrected chi connectivity index (χ0v) is 8.71. The van der Waals surface area contributed by atoms with Crippen molar-refractivity contribution in [3.05, 3.63) is 5.82 Å². The van der Waals surface area contributed by atoms with Gasteiger partial charge in [-0.25, -0.2) is 4.68 Å². The smallest absolute Gasteiger partial charge is 0.453 e. The Hall–Kier alpha value is -1.45. The molecular weight excluding hydrogens is 249 g/mol. The predicted octanol–water partition coefficient (Wildman–Crippen LogP) is 0.576. The molecule has 0 unspecified atom stereocenters. The summed E-state index contributed by atoms with van der Waals surface area (Å²) in [6, 6.07) is 0. The van der Waals surface area contributed by atoms with E-state index in [4.69, 9.17) is 10.9 Å². The maximum Gasteiger partial charge on any atom is 0.453 e. The Morgan fingerprint density at radius 1 is 1.56 bits per heavy atom. The Bertz CT molecular complexity index is 405. The highest BCUT2D eigenvalue weighted by Gasteiger charge is 2.38. The third kappa shape index (κ3) is 2.56. The highest BCUT2D eigenvalue weighted by atomic mass is 32.2. The molecule has 0 spiro atoms. The van der Waals surface area contributed by atoms with E-state index in [1.54, 1.807) is 0 Å². The van der Waals surface area contributed by atoms with Crippen molar-refractivity contribution in [2.75, 3.05) is 5.84 Å². The first-order chi connectivity index (χ1) is 7.23. The molecule has 3 N–H and O–H groups in total. The molecule has 10 heteroatoms. The SMILES string of the molecule is C[C@@H](Sc1nnc(C(F)(F)F)n1N)C(=O)O. The molecule has 0 aromatic carbocycles. The maximum atomic E-state index is 12.2. The van der Waals surface area contributed by atoms with Gasteiger partial charge in [0.25, 0.3) is 5.82 Å². The summed E-state index contributed by atoms with van der Waals surface area (Å²) in [5, 5.41) is 13.3. The largest absolute Gasteiger partial charge is 0.480 e.